The fourth-order valence-electron chi connectivity index (χ4n) is 1.21. The van der Waals surface area contributed by atoms with E-state index in [4.69, 9.17) is 4.74 Å². The molecule has 1 heterocycles. The van der Waals surface area contributed by atoms with E-state index < -0.39 is 4.92 Å². The van der Waals surface area contributed by atoms with Crippen molar-refractivity contribution in [3.63, 3.8) is 0 Å². The molecule has 0 aromatic heterocycles. The van der Waals surface area contributed by atoms with Gasteiger partial charge in [-0.2, -0.15) is 0 Å². The maximum Gasteiger partial charge on any atom is 0.287 e. The van der Waals surface area contributed by atoms with Gasteiger partial charge >= 0.3 is 0 Å². The van der Waals surface area contributed by atoms with E-state index in [9.17, 15) is 14.9 Å². The number of hydrogen-bond acceptors (Lipinski definition) is 5. The molecule has 0 fully saturated rings. The molecule has 1 aliphatic heterocycles. The fraction of sp³-hybridized carbons (Fsp3) is 0. The van der Waals surface area contributed by atoms with Crippen molar-refractivity contribution in [2.24, 2.45) is 0 Å². The minimum atomic E-state index is -0.526. The van der Waals surface area contributed by atoms with Crippen molar-refractivity contribution in [1.29, 1.82) is 0 Å². The van der Waals surface area contributed by atoms with Gasteiger partial charge in [-0.25, -0.2) is 0 Å². The first-order chi connectivity index (χ1) is 7.22. The lowest BCUT2D eigenvalue weighted by atomic mass is 10.2. The number of rotatable bonds is 2. The second-order valence-corrected chi connectivity index (χ2v) is 3.67. The molecule has 1 aromatic carbocycles. The fourth-order valence-corrected chi connectivity index (χ4v) is 1.94. The number of nitro groups is 1. The predicted octanol–water partition coefficient (Wildman–Crippen LogP) is 2.36. The van der Waals surface area contributed by atoms with Crippen LogP contribution in [-0.4, -0.2) is 11.2 Å². The minimum absolute atomic E-state index is 0.107. The van der Waals surface area contributed by atoms with Crippen LogP contribution in [0.3, 0.4) is 0 Å². The van der Waals surface area contributed by atoms with Crippen LogP contribution in [0.2, 0.25) is 0 Å². The predicted molar refractivity (Wildman–Crippen MR) is 54.1 cm³/mol. The highest BCUT2D eigenvalue weighted by molar-refractivity contribution is 8.02. The number of carbonyl (C=O) groups excluding carboxylic acids is 1. The third kappa shape index (κ3) is 1.71. The van der Waals surface area contributed by atoms with Gasteiger partial charge < -0.3 is 4.74 Å². The van der Waals surface area contributed by atoms with Gasteiger partial charge in [-0.05, 0) is 6.07 Å². The first-order valence-electron chi connectivity index (χ1n) is 3.98. The molecule has 1 aliphatic rings. The Bertz CT molecular complexity index is 469. The molecule has 1 aromatic rings. The van der Waals surface area contributed by atoms with Gasteiger partial charge in [-0.15, -0.1) is 0 Å². The number of benzene rings is 1. The van der Waals surface area contributed by atoms with Gasteiger partial charge in [0, 0.05) is 17.0 Å². The molecule has 0 bridgehead atoms. The maximum absolute atomic E-state index is 10.7. The Hall–Kier alpha value is -1.82. The lowest BCUT2D eigenvalue weighted by Crippen LogP contribution is -1.98. The molecule has 76 valence electrons. The van der Waals surface area contributed by atoms with Crippen molar-refractivity contribution in [3.8, 4) is 5.75 Å². The quantitative estimate of drug-likeness (QED) is 0.437. The molecule has 6 heteroatoms. The van der Waals surface area contributed by atoms with E-state index in [0.717, 1.165) is 0 Å². The number of nitrogens with zero attached hydrogens (tertiary/aromatic N) is 1. The lowest BCUT2D eigenvalue weighted by molar-refractivity contribution is -0.387. The van der Waals surface area contributed by atoms with Crippen LogP contribution in [0, 0.1) is 10.1 Å². The Balaban J connectivity index is 2.63. The smallest absolute Gasteiger partial charge is 0.287 e. The van der Waals surface area contributed by atoms with Gasteiger partial charge in [0.2, 0.25) is 0 Å². The zero-order valence-corrected chi connectivity index (χ0v) is 8.19. The summed E-state index contributed by atoms with van der Waals surface area (Å²) in [6, 6.07) is 2.72. The van der Waals surface area contributed by atoms with Crippen LogP contribution in [0.25, 0.3) is 0 Å². The van der Waals surface area contributed by atoms with Gasteiger partial charge in [-0.3, -0.25) is 14.9 Å². The molecule has 2 rings (SSSR count). The molecule has 0 saturated carbocycles. The zero-order chi connectivity index (χ0) is 10.8. The molecule has 0 spiro atoms. The van der Waals surface area contributed by atoms with Crippen LogP contribution >= 0.6 is 11.8 Å². The highest BCUT2D eigenvalue weighted by Gasteiger charge is 2.22. The standard InChI is InChI=1S/C9H5NO4S/c11-5-6-3-7(10(12)13)9-8(4-6)14-1-2-15-9/h1-5H. The summed E-state index contributed by atoms with van der Waals surface area (Å²) in [4.78, 5) is 21.2. The summed E-state index contributed by atoms with van der Waals surface area (Å²) in [5.41, 5.74) is 0.125. The van der Waals surface area contributed by atoms with Gasteiger partial charge in [0.15, 0.2) is 0 Å². The summed E-state index contributed by atoms with van der Waals surface area (Å²) in [7, 11) is 0. The summed E-state index contributed by atoms with van der Waals surface area (Å²) in [5.74, 6) is 0.346. The minimum Gasteiger partial charge on any atom is -0.463 e. The monoisotopic (exact) mass is 223 g/mol. The van der Waals surface area contributed by atoms with E-state index >= 15 is 0 Å². The summed E-state index contributed by atoms with van der Waals surface area (Å²) < 4.78 is 5.09. The van der Waals surface area contributed by atoms with Crippen LogP contribution in [0.5, 0.6) is 5.75 Å². The van der Waals surface area contributed by atoms with Gasteiger partial charge in [0.05, 0.1) is 11.2 Å². The Morgan fingerprint density at radius 3 is 2.93 bits per heavy atom. The van der Waals surface area contributed by atoms with Gasteiger partial charge in [0.1, 0.15) is 16.9 Å². The summed E-state index contributed by atoms with van der Waals surface area (Å²) in [6.07, 6.45) is 1.98. The molecule has 0 N–H and O–H groups in total. The number of aldehydes is 1. The number of carbonyl (C=O) groups is 1. The number of thioether (sulfide) groups is 1. The third-order valence-corrected chi connectivity index (χ3v) is 2.72. The maximum atomic E-state index is 10.7. The molecular weight excluding hydrogens is 218 g/mol. The van der Waals surface area contributed by atoms with E-state index in [0.29, 0.717) is 16.9 Å². The van der Waals surface area contributed by atoms with Crippen molar-refractivity contribution in [3.05, 3.63) is 39.5 Å². The van der Waals surface area contributed by atoms with Crippen LogP contribution in [0.15, 0.2) is 28.7 Å². The van der Waals surface area contributed by atoms with Crippen molar-refractivity contribution < 1.29 is 14.5 Å². The third-order valence-electron chi connectivity index (χ3n) is 1.83. The van der Waals surface area contributed by atoms with Crippen molar-refractivity contribution >= 4 is 23.7 Å². The Labute approximate surface area is 88.9 Å². The summed E-state index contributed by atoms with van der Waals surface area (Å²) in [6.45, 7) is 0. The Morgan fingerprint density at radius 2 is 2.27 bits per heavy atom. The molecule has 15 heavy (non-hydrogen) atoms. The summed E-state index contributed by atoms with van der Waals surface area (Å²) in [5, 5.41) is 12.3. The van der Waals surface area contributed by atoms with Crippen LogP contribution in [-0.2, 0) is 0 Å². The first-order valence-corrected chi connectivity index (χ1v) is 4.86. The lowest BCUT2D eigenvalue weighted by Gasteiger charge is -2.11. The van der Waals surface area contributed by atoms with E-state index in [2.05, 4.69) is 0 Å². The van der Waals surface area contributed by atoms with E-state index in [1.165, 1.54) is 30.2 Å². The molecule has 0 radical (unpaired) electrons. The first kappa shape index (κ1) is 9.72. The Morgan fingerprint density at radius 1 is 1.47 bits per heavy atom. The van der Waals surface area contributed by atoms with Crippen molar-refractivity contribution in [2.45, 2.75) is 4.90 Å². The SMILES string of the molecule is O=Cc1cc2c(c([N+](=O)[O-])c1)SC=CO2. The molecule has 0 amide bonds. The molecule has 0 atom stereocenters. The topological polar surface area (TPSA) is 69.4 Å². The normalized spacial score (nSPS) is 12.8. The summed E-state index contributed by atoms with van der Waals surface area (Å²) >= 11 is 1.20. The number of nitro benzene ring substituents is 1. The van der Waals surface area contributed by atoms with Crippen LogP contribution in [0.4, 0.5) is 5.69 Å². The van der Waals surface area contributed by atoms with Crippen molar-refractivity contribution in [2.75, 3.05) is 0 Å². The van der Waals surface area contributed by atoms with E-state index in [1.54, 1.807) is 5.41 Å². The average Bonchev–Trinajstić information content (AvgIpc) is 2.27. The van der Waals surface area contributed by atoms with Crippen LogP contribution < -0.4 is 4.74 Å². The second-order valence-electron chi connectivity index (χ2n) is 2.75. The number of ether oxygens (including phenoxy) is 1. The largest absolute Gasteiger partial charge is 0.463 e. The molecule has 0 unspecified atom stereocenters. The number of fused-ring (bicyclic) bond motifs is 1. The van der Waals surface area contributed by atoms with E-state index in [-0.39, 0.29) is 11.3 Å². The van der Waals surface area contributed by atoms with Gasteiger partial charge in [0.25, 0.3) is 5.69 Å². The number of hydrogen-bond donors (Lipinski definition) is 0. The Kier molecular flexibility index (Phi) is 2.42. The second kappa shape index (κ2) is 3.74. The highest BCUT2D eigenvalue weighted by atomic mass is 32.2. The van der Waals surface area contributed by atoms with Crippen LogP contribution in [0.1, 0.15) is 10.4 Å². The molecule has 0 aliphatic carbocycles. The molecular formula is C9H5NO4S. The zero-order valence-electron chi connectivity index (χ0n) is 7.38. The highest BCUT2D eigenvalue weighted by Crippen LogP contribution is 2.41. The van der Waals surface area contributed by atoms with Gasteiger partial charge in [-0.1, -0.05) is 11.8 Å². The van der Waals surface area contributed by atoms with Crippen molar-refractivity contribution in [1.82, 2.24) is 0 Å². The molecule has 5 nitrogen and oxygen atoms in total. The molecule has 0 saturated heterocycles. The van der Waals surface area contributed by atoms with E-state index in [1.807, 2.05) is 0 Å². The average molecular weight is 223 g/mol.